The normalized spacial score (nSPS) is 11.8. The number of sulfone groups is 1. The molecule has 0 radical (unpaired) electrons. The van der Waals surface area contributed by atoms with Gasteiger partial charge in [-0.3, -0.25) is 0 Å². The van der Waals surface area contributed by atoms with E-state index < -0.39 is 9.84 Å². The molecule has 8 heteroatoms. The molecule has 27 heavy (non-hydrogen) atoms. The van der Waals surface area contributed by atoms with E-state index in [0.29, 0.717) is 12.4 Å². The fourth-order valence-corrected chi connectivity index (χ4v) is 4.23. The van der Waals surface area contributed by atoms with Crippen molar-refractivity contribution >= 4 is 21.6 Å². The van der Waals surface area contributed by atoms with Crippen molar-refractivity contribution in [2.24, 2.45) is 0 Å². The molecule has 2 rings (SSSR count). The fraction of sp³-hybridized carbons (Fsp3) is 0.316. The van der Waals surface area contributed by atoms with E-state index in [0.717, 1.165) is 28.5 Å². The summed E-state index contributed by atoms with van der Waals surface area (Å²) in [6, 6.07) is 6.75. The summed E-state index contributed by atoms with van der Waals surface area (Å²) in [5.41, 5.74) is 3.10. The number of hydrogen-bond donors (Lipinski definition) is 3. The number of H-pyrrole nitrogens is 1. The lowest BCUT2D eigenvalue weighted by molar-refractivity contribution is 0.603. The predicted molar refractivity (Wildman–Crippen MR) is 111 cm³/mol. The van der Waals surface area contributed by atoms with Crippen LogP contribution in [0.25, 0.3) is 0 Å². The molecule has 0 aliphatic carbocycles. The molecule has 3 N–H and O–H groups in total. The van der Waals surface area contributed by atoms with Gasteiger partial charge in [0.2, 0.25) is 9.84 Å². The van der Waals surface area contributed by atoms with Gasteiger partial charge in [0.05, 0.1) is 28.9 Å². The number of benzene rings is 1. The van der Waals surface area contributed by atoms with E-state index in [4.69, 9.17) is 6.42 Å². The lowest BCUT2D eigenvalue weighted by atomic mass is 10.2. The van der Waals surface area contributed by atoms with E-state index in [9.17, 15) is 8.42 Å². The number of aryl methyl sites for hydroxylation is 2. The van der Waals surface area contributed by atoms with Crippen molar-refractivity contribution in [3.8, 4) is 12.3 Å². The number of rotatable bonds is 10. The van der Waals surface area contributed by atoms with Gasteiger partial charge < -0.3 is 15.6 Å². The first kappa shape index (κ1) is 20.9. The minimum absolute atomic E-state index is 0.239. The Hall–Kier alpha value is -2.37. The number of imidazole rings is 1. The smallest absolute Gasteiger partial charge is 0.203 e. The first-order chi connectivity index (χ1) is 12.9. The zero-order chi connectivity index (χ0) is 19.7. The minimum atomic E-state index is -3.57. The zero-order valence-corrected chi connectivity index (χ0v) is 17.1. The molecule has 144 valence electrons. The van der Waals surface area contributed by atoms with Crippen LogP contribution in [0.5, 0.6) is 0 Å². The lowest BCUT2D eigenvalue weighted by Crippen LogP contribution is -2.29. The number of hydrogen-bond acceptors (Lipinski definition) is 6. The van der Waals surface area contributed by atoms with Crippen molar-refractivity contribution in [1.29, 1.82) is 0 Å². The van der Waals surface area contributed by atoms with E-state index in [1.807, 2.05) is 13.8 Å². The molecule has 0 saturated carbocycles. The zero-order valence-electron chi connectivity index (χ0n) is 15.5. The molecule has 0 unspecified atom stereocenters. The summed E-state index contributed by atoms with van der Waals surface area (Å²) < 4.78 is 25.1. The summed E-state index contributed by atoms with van der Waals surface area (Å²) in [4.78, 5) is 7.52. The third-order valence-corrected chi connectivity index (χ3v) is 6.21. The number of nitrogens with one attached hydrogen (secondary N) is 3. The monoisotopic (exact) mass is 404 g/mol. The largest absolute Gasteiger partial charge is 0.370 e. The maximum absolute atomic E-state index is 12.6. The molecule has 6 nitrogen and oxygen atoms in total. The summed E-state index contributed by atoms with van der Waals surface area (Å²) in [6.45, 7) is 4.72. The molecule has 0 amide bonds. The highest BCUT2D eigenvalue weighted by Crippen LogP contribution is 2.14. The Bertz CT molecular complexity index is 910. The van der Waals surface area contributed by atoms with Gasteiger partial charge in [0.15, 0.2) is 0 Å². The summed E-state index contributed by atoms with van der Waals surface area (Å²) in [5.74, 6) is 4.48. The quantitative estimate of drug-likeness (QED) is 0.416. The summed E-state index contributed by atoms with van der Waals surface area (Å²) in [7, 11) is -3.57. The maximum atomic E-state index is 12.6. The van der Waals surface area contributed by atoms with Gasteiger partial charge in [-0.25, -0.2) is 13.4 Å². The van der Waals surface area contributed by atoms with Crippen LogP contribution in [0.3, 0.4) is 0 Å². The van der Waals surface area contributed by atoms with Gasteiger partial charge in [0, 0.05) is 23.7 Å². The second-order valence-electron chi connectivity index (χ2n) is 5.89. The number of nitrogens with zero attached hydrogens (tertiary/aromatic N) is 1. The van der Waals surface area contributed by atoms with Crippen LogP contribution < -0.4 is 10.6 Å². The number of terminal acetylenes is 1. The molecule has 0 atom stereocenters. The Kier molecular flexibility index (Phi) is 7.82. The van der Waals surface area contributed by atoms with Crippen molar-refractivity contribution in [2.45, 2.75) is 24.5 Å². The third kappa shape index (κ3) is 6.70. The standard InChI is InChI=1S/C19H24N4O2S2/c1-4-9-20-19(13-27(24,25)17-7-5-15(2)6-8-17)21-10-11-26-12-18-16(3)22-14-23-18/h1,5-8,13-14,20-21H,9-12H2,2-3H3,(H,22,23). The second-order valence-corrected chi connectivity index (χ2v) is 8.80. The molecule has 0 spiro atoms. The summed E-state index contributed by atoms with van der Waals surface area (Å²) >= 11 is 1.73. The molecule has 0 aliphatic heterocycles. The maximum Gasteiger partial charge on any atom is 0.203 e. The Morgan fingerprint density at radius 1 is 1.30 bits per heavy atom. The highest BCUT2D eigenvalue weighted by Gasteiger charge is 2.12. The summed E-state index contributed by atoms with van der Waals surface area (Å²) in [5, 5.41) is 7.24. The molecule has 0 bridgehead atoms. The van der Waals surface area contributed by atoms with Gasteiger partial charge >= 0.3 is 0 Å². The molecule has 0 fully saturated rings. The van der Waals surface area contributed by atoms with Crippen molar-refractivity contribution in [2.75, 3.05) is 18.8 Å². The van der Waals surface area contributed by atoms with Crippen LogP contribution in [-0.2, 0) is 15.6 Å². The molecular formula is C19H24N4O2S2. The van der Waals surface area contributed by atoms with Gasteiger partial charge in [0.25, 0.3) is 0 Å². The second kappa shape index (κ2) is 10.1. The average molecular weight is 405 g/mol. The Labute approximate surface area is 165 Å². The number of aromatic amines is 1. The van der Waals surface area contributed by atoms with E-state index >= 15 is 0 Å². The van der Waals surface area contributed by atoms with Crippen molar-refractivity contribution in [3.05, 3.63) is 58.8 Å². The van der Waals surface area contributed by atoms with E-state index in [1.165, 1.54) is 5.41 Å². The fourth-order valence-electron chi connectivity index (χ4n) is 2.21. The first-order valence-electron chi connectivity index (χ1n) is 8.43. The van der Waals surface area contributed by atoms with E-state index in [1.54, 1.807) is 42.4 Å². The van der Waals surface area contributed by atoms with Crippen LogP contribution in [0.15, 0.2) is 46.7 Å². The van der Waals surface area contributed by atoms with Crippen LogP contribution >= 0.6 is 11.8 Å². The minimum Gasteiger partial charge on any atom is -0.370 e. The molecule has 0 aliphatic rings. The topological polar surface area (TPSA) is 86.9 Å². The Balaban J connectivity index is 1.95. The predicted octanol–water partition coefficient (Wildman–Crippen LogP) is 2.34. The highest BCUT2D eigenvalue weighted by molar-refractivity contribution is 7.98. The van der Waals surface area contributed by atoms with Crippen molar-refractivity contribution in [3.63, 3.8) is 0 Å². The molecule has 1 aromatic heterocycles. The SMILES string of the molecule is C#CCNC(=CS(=O)(=O)c1ccc(C)cc1)NCCSCc1[nH]cnc1C. The average Bonchev–Trinajstić information content (AvgIpc) is 3.04. The molecular weight excluding hydrogens is 380 g/mol. The van der Waals surface area contributed by atoms with Crippen LogP contribution in [0.2, 0.25) is 0 Å². The van der Waals surface area contributed by atoms with E-state index in [2.05, 4.69) is 26.5 Å². The van der Waals surface area contributed by atoms with Crippen LogP contribution in [0, 0.1) is 26.2 Å². The molecule has 1 aromatic carbocycles. The van der Waals surface area contributed by atoms with Crippen molar-refractivity contribution in [1.82, 2.24) is 20.6 Å². The van der Waals surface area contributed by atoms with Gasteiger partial charge in [-0.15, -0.1) is 6.42 Å². The van der Waals surface area contributed by atoms with E-state index in [-0.39, 0.29) is 11.4 Å². The molecule has 2 aromatic rings. The molecule has 1 heterocycles. The Morgan fingerprint density at radius 2 is 2.04 bits per heavy atom. The van der Waals surface area contributed by atoms with Crippen LogP contribution in [-0.4, -0.2) is 37.2 Å². The Morgan fingerprint density at radius 3 is 2.67 bits per heavy atom. The number of aromatic nitrogens is 2. The van der Waals surface area contributed by atoms with Gasteiger partial charge in [-0.05, 0) is 26.0 Å². The van der Waals surface area contributed by atoms with Crippen LogP contribution in [0.4, 0.5) is 0 Å². The number of thioether (sulfide) groups is 1. The van der Waals surface area contributed by atoms with Crippen LogP contribution in [0.1, 0.15) is 17.0 Å². The van der Waals surface area contributed by atoms with Gasteiger partial charge in [-0.1, -0.05) is 23.6 Å². The highest BCUT2D eigenvalue weighted by atomic mass is 32.2. The molecule has 0 saturated heterocycles. The van der Waals surface area contributed by atoms with Gasteiger partial charge in [-0.2, -0.15) is 11.8 Å². The van der Waals surface area contributed by atoms with Crippen molar-refractivity contribution < 1.29 is 8.42 Å². The first-order valence-corrected chi connectivity index (χ1v) is 11.1. The lowest BCUT2D eigenvalue weighted by Gasteiger charge is -2.12. The van der Waals surface area contributed by atoms with Gasteiger partial charge in [0.1, 0.15) is 5.82 Å². The third-order valence-electron chi connectivity index (χ3n) is 3.75. The summed E-state index contributed by atoms with van der Waals surface area (Å²) in [6.07, 6.45) is 6.97.